The Labute approximate surface area is 54.0 Å². The van der Waals surface area contributed by atoms with Gasteiger partial charge in [0.1, 0.15) is 0 Å². The average Bonchev–Trinajstić information content (AvgIpc) is 1.87. The summed E-state index contributed by atoms with van der Waals surface area (Å²) in [5.74, 6) is 2.21. The van der Waals surface area contributed by atoms with Crippen molar-refractivity contribution in [3.05, 3.63) is 0 Å². The van der Waals surface area contributed by atoms with Gasteiger partial charge in [-0.1, -0.05) is 5.92 Å². The van der Waals surface area contributed by atoms with Gasteiger partial charge >= 0.3 is 6.16 Å². The Morgan fingerprint density at radius 1 is 1.78 bits per heavy atom. The third-order valence-corrected chi connectivity index (χ3v) is 0.674. The van der Waals surface area contributed by atoms with Gasteiger partial charge in [0.15, 0.2) is 6.10 Å². The van der Waals surface area contributed by atoms with E-state index in [4.69, 9.17) is 6.42 Å². The van der Waals surface area contributed by atoms with E-state index in [1.807, 2.05) is 0 Å². The van der Waals surface area contributed by atoms with Crippen molar-refractivity contribution < 1.29 is 14.3 Å². The quantitative estimate of drug-likeness (QED) is 0.387. The van der Waals surface area contributed by atoms with E-state index in [-0.39, 0.29) is 0 Å². The van der Waals surface area contributed by atoms with Crippen molar-refractivity contribution in [1.29, 1.82) is 0 Å². The summed E-state index contributed by atoms with van der Waals surface area (Å²) in [5, 5.41) is 0. The van der Waals surface area contributed by atoms with Crippen molar-refractivity contribution in [2.75, 3.05) is 7.11 Å². The molecule has 0 bridgehead atoms. The van der Waals surface area contributed by atoms with Gasteiger partial charge in [0.25, 0.3) is 0 Å². The Kier molecular flexibility index (Phi) is 3.29. The second kappa shape index (κ2) is 3.79. The lowest BCUT2D eigenvalue weighted by atomic mass is 10.4. The van der Waals surface area contributed by atoms with Crippen LogP contribution in [0, 0.1) is 12.3 Å². The van der Waals surface area contributed by atoms with E-state index in [1.165, 1.54) is 7.11 Å². The van der Waals surface area contributed by atoms with Gasteiger partial charge in [0.05, 0.1) is 7.11 Å². The van der Waals surface area contributed by atoms with Crippen LogP contribution in [-0.2, 0) is 9.47 Å². The van der Waals surface area contributed by atoms with Crippen molar-refractivity contribution in [3.63, 3.8) is 0 Å². The Hall–Kier alpha value is -1.17. The smallest absolute Gasteiger partial charge is 0.438 e. The molecular formula is C6H8O3. The lowest BCUT2D eigenvalue weighted by molar-refractivity contribution is 0.0604. The molecule has 0 saturated carbocycles. The molecule has 0 N–H and O–H groups in total. The fraction of sp³-hybridized carbons (Fsp3) is 0.500. The molecule has 0 radical (unpaired) electrons. The molecule has 0 aliphatic heterocycles. The van der Waals surface area contributed by atoms with Crippen LogP contribution >= 0.6 is 0 Å². The highest BCUT2D eigenvalue weighted by molar-refractivity contribution is 5.60. The van der Waals surface area contributed by atoms with Crippen LogP contribution in [0.15, 0.2) is 0 Å². The third-order valence-electron chi connectivity index (χ3n) is 0.674. The Morgan fingerprint density at radius 2 is 2.33 bits per heavy atom. The molecule has 0 aliphatic carbocycles. The zero-order valence-electron chi connectivity index (χ0n) is 5.38. The molecule has 0 unspecified atom stereocenters. The summed E-state index contributed by atoms with van der Waals surface area (Å²) in [6, 6.07) is 0. The van der Waals surface area contributed by atoms with Gasteiger partial charge in [0.2, 0.25) is 0 Å². The molecule has 0 heterocycles. The topological polar surface area (TPSA) is 35.5 Å². The lowest BCUT2D eigenvalue weighted by Crippen LogP contribution is -2.12. The maximum absolute atomic E-state index is 10.2. The van der Waals surface area contributed by atoms with Gasteiger partial charge in [-0.25, -0.2) is 4.79 Å². The van der Waals surface area contributed by atoms with E-state index in [0.29, 0.717) is 0 Å². The summed E-state index contributed by atoms with van der Waals surface area (Å²) in [6.07, 6.45) is 3.63. The third kappa shape index (κ3) is 3.42. The zero-order chi connectivity index (χ0) is 7.28. The van der Waals surface area contributed by atoms with Crippen LogP contribution in [0.4, 0.5) is 4.79 Å². The Bertz CT molecular complexity index is 134. The summed E-state index contributed by atoms with van der Waals surface area (Å²) in [5.41, 5.74) is 0. The van der Waals surface area contributed by atoms with Gasteiger partial charge in [-0.3, -0.25) is 0 Å². The van der Waals surface area contributed by atoms with Crippen LogP contribution in [0.5, 0.6) is 0 Å². The average molecular weight is 128 g/mol. The van der Waals surface area contributed by atoms with Crippen molar-refractivity contribution in [3.8, 4) is 12.3 Å². The molecule has 0 aromatic carbocycles. The SMILES string of the molecule is C#C[C@H](C)OC(=O)OC. The second-order valence-electron chi connectivity index (χ2n) is 1.38. The number of carbonyl (C=O) groups is 1. The van der Waals surface area contributed by atoms with E-state index in [0.717, 1.165) is 0 Å². The molecule has 0 saturated heterocycles. The maximum Gasteiger partial charge on any atom is 0.509 e. The van der Waals surface area contributed by atoms with Crippen molar-refractivity contribution in [1.82, 2.24) is 0 Å². The summed E-state index contributed by atoms with van der Waals surface area (Å²) < 4.78 is 8.62. The highest BCUT2D eigenvalue weighted by atomic mass is 16.7. The highest BCUT2D eigenvalue weighted by Crippen LogP contribution is 1.89. The normalized spacial score (nSPS) is 11.2. The molecule has 0 aliphatic rings. The molecule has 0 aromatic heterocycles. The van der Waals surface area contributed by atoms with Gasteiger partial charge in [-0.05, 0) is 6.92 Å². The predicted molar refractivity (Wildman–Crippen MR) is 31.8 cm³/mol. The fourth-order valence-corrected chi connectivity index (χ4v) is 0.226. The van der Waals surface area contributed by atoms with Gasteiger partial charge < -0.3 is 9.47 Å². The van der Waals surface area contributed by atoms with Gasteiger partial charge in [-0.2, -0.15) is 0 Å². The number of ether oxygens (including phenoxy) is 2. The van der Waals surface area contributed by atoms with Crippen molar-refractivity contribution >= 4 is 6.16 Å². The largest absolute Gasteiger partial charge is 0.509 e. The number of hydrogen-bond acceptors (Lipinski definition) is 3. The molecule has 0 aromatic rings. The first-order valence-corrected chi connectivity index (χ1v) is 2.41. The predicted octanol–water partition coefficient (Wildman–Crippen LogP) is 0.791. The standard InChI is InChI=1S/C6H8O3/c1-4-5(2)9-6(7)8-3/h1,5H,2-3H3/t5-/m0/s1. The van der Waals surface area contributed by atoms with E-state index in [9.17, 15) is 4.79 Å². The van der Waals surface area contributed by atoms with Crippen molar-refractivity contribution in [2.24, 2.45) is 0 Å². The van der Waals surface area contributed by atoms with Gasteiger partial charge in [0, 0.05) is 0 Å². The summed E-state index contributed by atoms with van der Waals surface area (Å²) >= 11 is 0. The maximum atomic E-state index is 10.2. The van der Waals surface area contributed by atoms with Crippen LogP contribution in [0.1, 0.15) is 6.92 Å². The van der Waals surface area contributed by atoms with E-state index in [1.54, 1.807) is 6.92 Å². The number of terminal acetylenes is 1. The summed E-state index contributed by atoms with van der Waals surface area (Å²) in [7, 11) is 1.23. The molecule has 0 rings (SSSR count). The molecule has 0 fully saturated rings. The molecule has 3 heteroatoms. The summed E-state index contributed by atoms with van der Waals surface area (Å²) in [4.78, 5) is 10.2. The number of rotatable bonds is 1. The minimum Gasteiger partial charge on any atom is -0.438 e. The second-order valence-corrected chi connectivity index (χ2v) is 1.38. The van der Waals surface area contributed by atoms with Gasteiger partial charge in [-0.15, -0.1) is 6.42 Å². The number of methoxy groups -OCH3 is 1. The lowest BCUT2D eigenvalue weighted by Gasteiger charge is -2.03. The van der Waals surface area contributed by atoms with E-state index >= 15 is 0 Å². The molecule has 1 atom stereocenters. The number of carbonyl (C=O) groups excluding carboxylic acids is 1. The Morgan fingerprint density at radius 3 is 2.67 bits per heavy atom. The molecule has 50 valence electrons. The molecule has 0 amide bonds. The van der Waals surface area contributed by atoms with Crippen LogP contribution < -0.4 is 0 Å². The van der Waals surface area contributed by atoms with Crippen molar-refractivity contribution in [2.45, 2.75) is 13.0 Å². The van der Waals surface area contributed by atoms with Crippen LogP contribution in [0.2, 0.25) is 0 Å². The summed E-state index contributed by atoms with van der Waals surface area (Å²) in [6.45, 7) is 1.58. The number of hydrogen-bond donors (Lipinski definition) is 0. The minimum absolute atomic E-state index is 0.516. The van der Waals surface area contributed by atoms with Crippen LogP contribution in [0.3, 0.4) is 0 Å². The molecular weight excluding hydrogens is 120 g/mol. The molecule has 0 spiro atoms. The first kappa shape index (κ1) is 7.83. The van der Waals surface area contributed by atoms with Crippen LogP contribution in [0.25, 0.3) is 0 Å². The highest BCUT2D eigenvalue weighted by Gasteiger charge is 2.03. The van der Waals surface area contributed by atoms with E-state index < -0.39 is 12.3 Å². The first-order chi connectivity index (χ1) is 4.20. The fourth-order valence-electron chi connectivity index (χ4n) is 0.226. The molecule has 9 heavy (non-hydrogen) atoms. The monoisotopic (exact) mass is 128 g/mol. The first-order valence-electron chi connectivity index (χ1n) is 2.41. The van der Waals surface area contributed by atoms with E-state index in [2.05, 4.69) is 15.4 Å². The zero-order valence-corrected chi connectivity index (χ0v) is 5.38. The minimum atomic E-state index is -0.750. The Balaban J connectivity index is 3.50. The van der Waals surface area contributed by atoms with Crippen LogP contribution in [-0.4, -0.2) is 19.4 Å². The molecule has 3 nitrogen and oxygen atoms in total.